The summed E-state index contributed by atoms with van der Waals surface area (Å²) in [6.45, 7) is 7.75. The van der Waals surface area contributed by atoms with Crippen LogP contribution < -0.4 is 0 Å². The lowest BCUT2D eigenvalue weighted by atomic mass is 10.0. The number of unbranched alkanes of at least 4 members (excludes halogenated alkanes) is 40. The molecule has 0 aliphatic heterocycles. The second-order valence-electron chi connectivity index (χ2n) is 20.6. The van der Waals surface area contributed by atoms with Crippen molar-refractivity contribution in [2.75, 3.05) is 19.8 Å². The summed E-state index contributed by atoms with van der Waals surface area (Å²) in [5.74, 6) is -0.386. The molecule has 0 bridgehead atoms. The zero-order chi connectivity index (χ0) is 49.2. The van der Waals surface area contributed by atoms with E-state index in [1.165, 1.54) is 231 Å². The minimum absolute atomic E-state index is 0.0832. The van der Waals surface area contributed by atoms with Gasteiger partial charge in [0.15, 0.2) is 6.10 Å². The maximum atomic E-state index is 12.9. The Morgan fingerprint density at radius 3 is 1.06 bits per heavy atom. The van der Waals surface area contributed by atoms with Crippen LogP contribution in [0.15, 0.2) is 36.5 Å². The van der Waals surface area contributed by atoms with Gasteiger partial charge >= 0.3 is 11.9 Å². The van der Waals surface area contributed by atoms with Gasteiger partial charge in [-0.3, -0.25) is 9.59 Å². The van der Waals surface area contributed by atoms with Crippen LogP contribution in [0.2, 0.25) is 0 Å². The highest BCUT2D eigenvalue weighted by atomic mass is 16.6. The first-order chi connectivity index (χ1) is 33.6. The molecule has 400 valence electrons. The van der Waals surface area contributed by atoms with Gasteiger partial charge in [-0.15, -0.1) is 0 Å². The Morgan fingerprint density at radius 2 is 0.662 bits per heavy atom. The fourth-order valence-electron chi connectivity index (χ4n) is 9.18. The van der Waals surface area contributed by atoms with Gasteiger partial charge in [-0.2, -0.15) is 0 Å². The lowest BCUT2D eigenvalue weighted by molar-refractivity contribution is -0.163. The first-order valence-corrected chi connectivity index (χ1v) is 30.5. The molecule has 0 heterocycles. The molecule has 0 aromatic heterocycles. The van der Waals surface area contributed by atoms with Crippen molar-refractivity contribution >= 4 is 11.9 Å². The summed E-state index contributed by atoms with van der Waals surface area (Å²) in [4.78, 5) is 25.6. The predicted molar refractivity (Wildman–Crippen MR) is 298 cm³/mol. The molecule has 0 aliphatic rings. The number of carbonyl (C=O) groups is 2. The topological polar surface area (TPSA) is 61.8 Å². The highest BCUT2D eigenvalue weighted by molar-refractivity contribution is 5.70. The Labute approximate surface area is 425 Å². The van der Waals surface area contributed by atoms with E-state index in [0.29, 0.717) is 19.4 Å². The van der Waals surface area contributed by atoms with Crippen molar-refractivity contribution in [3.63, 3.8) is 0 Å². The summed E-state index contributed by atoms with van der Waals surface area (Å²) in [5, 5.41) is 0. The van der Waals surface area contributed by atoms with E-state index in [0.717, 1.165) is 64.2 Å². The van der Waals surface area contributed by atoms with E-state index in [2.05, 4.69) is 57.2 Å². The molecule has 0 fully saturated rings. The van der Waals surface area contributed by atoms with Gasteiger partial charge in [0.1, 0.15) is 6.61 Å². The molecule has 0 saturated carbocycles. The summed E-state index contributed by atoms with van der Waals surface area (Å²) in [7, 11) is 0. The fraction of sp³-hybridized carbons (Fsp3) is 0.873. The standard InChI is InChI=1S/C63H118O5/c1-4-7-10-13-16-19-22-25-28-30-32-34-36-38-41-44-47-50-53-56-62(64)67-60-61(59-66-58-55-52-49-46-43-40-27-24-21-18-15-12-9-6-3)68-63(65)57-54-51-48-45-42-39-37-35-33-31-29-26-23-20-17-14-11-8-5-2/h9,12,18,21,27,40,61H,4-8,10-11,13-17,19-20,22-26,28-39,41-60H2,1-3H3/b12-9-,21-18-,40-27-. The fourth-order valence-corrected chi connectivity index (χ4v) is 9.18. The van der Waals surface area contributed by atoms with Crippen LogP contribution in [0.1, 0.15) is 329 Å². The van der Waals surface area contributed by atoms with Crippen LogP contribution in [0, 0.1) is 0 Å². The van der Waals surface area contributed by atoms with Crippen LogP contribution in [-0.4, -0.2) is 37.9 Å². The second kappa shape index (κ2) is 59.4. The van der Waals surface area contributed by atoms with Crippen LogP contribution in [0.3, 0.4) is 0 Å². The van der Waals surface area contributed by atoms with Crippen molar-refractivity contribution < 1.29 is 23.8 Å². The number of rotatable bonds is 57. The van der Waals surface area contributed by atoms with Gasteiger partial charge in [-0.1, -0.05) is 301 Å². The summed E-state index contributed by atoms with van der Waals surface area (Å²) < 4.78 is 17.5. The highest BCUT2D eigenvalue weighted by Gasteiger charge is 2.17. The van der Waals surface area contributed by atoms with Crippen LogP contribution in [0.25, 0.3) is 0 Å². The van der Waals surface area contributed by atoms with Gasteiger partial charge in [0.05, 0.1) is 6.61 Å². The molecule has 0 rings (SSSR count). The van der Waals surface area contributed by atoms with E-state index in [1.807, 2.05) is 0 Å². The molecular weight excluding hydrogens is 837 g/mol. The summed E-state index contributed by atoms with van der Waals surface area (Å²) in [5.41, 5.74) is 0. The summed E-state index contributed by atoms with van der Waals surface area (Å²) in [6, 6.07) is 0. The molecule has 5 nitrogen and oxygen atoms in total. The number of ether oxygens (including phenoxy) is 3. The number of carbonyl (C=O) groups excluding carboxylic acids is 2. The summed E-state index contributed by atoms with van der Waals surface area (Å²) in [6.07, 6.45) is 73.2. The molecule has 1 unspecified atom stereocenters. The van der Waals surface area contributed by atoms with Crippen LogP contribution >= 0.6 is 0 Å². The van der Waals surface area contributed by atoms with Gasteiger partial charge in [-0.05, 0) is 51.4 Å². The number of hydrogen-bond donors (Lipinski definition) is 0. The highest BCUT2D eigenvalue weighted by Crippen LogP contribution is 2.18. The lowest BCUT2D eigenvalue weighted by Crippen LogP contribution is -2.30. The maximum absolute atomic E-state index is 12.9. The first kappa shape index (κ1) is 66.1. The smallest absolute Gasteiger partial charge is 0.306 e. The molecule has 0 spiro atoms. The minimum Gasteiger partial charge on any atom is -0.462 e. The molecule has 0 aromatic rings. The largest absolute Gasteiger partial charge is 0.462 e. The van der Waals surface area contributed by atoms with Crippen molar-refractivity contribution in [2.24, 2.45) is 0 Å². The van der Waals surface area contributed by atoms with Gasteiger partial charge in [-0.25, -0.2) is 0 Å². The van der Waals surface area contributed by atoms with Crippen molar-refractivity contribution in [1.29, 1.82) is 0 Å². The van der Waals surface area contributed by atoms with Crippen molar-refractivity contribution in [2.45, 2.75) is 335 Å². The molecule has 5 heteroatoms. The minimum atomic E-state index is -0.543. The van der Waals surface area contributed by atoms with E-state index >= 15 is 0 Å². The molecule has 0 aromatic carbocycles. The van der Waals surface area contributed by atoms with Crippen molar-refractivity contribution in [3.8, 4) is 0 Å². The van der Waals surface area contributed by atoms with Crippen LogP contribution in [0.5, 0.6) is 0 Å². The number of allylic oxidation sites excluding steroid dienone is 6. The van der Waals surface area contributed by atoms with E-state index < -0.39 is 6.10 Å². The van der Waals surface area contributed by atoms with Crippen molar-refractivity contribution in [1.82, 2.24) is 0 Å². The zero-order valence-corrected chi connectivity index (χ0v) is 46.1. The third-order valence-corrected chi connectivity index (χ3v) is 13.7. The Bertz CT molecular complexity index is 1080. The SMILES string of the molecule is CC/C=C\C/C=C\C/C=C\CCCCCCOCC(COC(=O)CCCCCCCCCCCCCCCCCCCCC)OC(=O)CCCCCCCCCCCCCCCCCCCCC. The third-order valence-electron chi connectivity index (χ3n) is 13.7. The van der Waals surface area contributed by atoms with E-state index in [9.17, 15) is 9.59 Å². The molecule has 1 atom stereocenters. The monoisotopic (exact) mass is 955 g/mol. The van der Waals surface area contributed by atoms with Gasteiger partial charge in [0.2, 0.25) is 0 Å². The molecule has 0 N–H and O–H groups in total. The van der Waals surface area contributed by atoms with Gasteiger partial charge in [0, 0.05) is 19.4 Å². The van der Waals surface area contributed by atoms with E-state index in [4.69, 9.17) is 14.2 Å². The molecule has 68 heavy (non-hydrogen) atoms. The Hall–Kier alpha value is -1.88. The zero-order valence-electron chi connectivity index (χ0n) is 46.1. The molecule has 0 radical (unpaired) electrons. The maximum Gasteiger partial charge on any atom is 0.306 e. The lowest BCUT2D eigenvalue weighted by Gasteiger charge is -2.18. The van der Waals surface area contributed by atoms with Crippen LogP contribution in [-0.2, 0) is 23.8 Å². The molecule has 0 amide bonds. The van der Waals surface area contributed by atoms with Gasteiger partial charge < -0.3 is 14.2 Å². The van der Waals surface area contributed by atoms with E-state index in [1.54, 1.807) is 0 Å². The molecule has 0 aliphatic carbocycles. The van der Waals surface area contributed by atoms with Crippen LogP contribution in [0.4, 0.5) is 0 Å². The number of hydrogen-bond acceptors (Lipinski definition) is 5. The molecule has 0 saturated heterocycles. The third kappa shape index (κ3) is 56.7. The second-order valence-corrected chi connectivity index (χ2v) is 20.6. The van der Waals surface area contributed by atoms with Gasteiger partial charge in [0.25, 0.3) is 0 Å². The Morgan fingerprint density at radius 1 is 0.338 bits per heavy atom. The first-order valence-electron chi connectivity index (χ1n) is 30.5. The molecular formula is C63H118O5. The van der Waals surface area contributed by atoms with E-state index in [-0.39, 0.29) is 25.2 Å². The predicted octanol–water partition coefficient (Wildman–Crippen LogP) is 20.9. The quantitative estimate of drug-likeness (QED) is 0.0345. The average molecular weight is 956 g/mol. The average Bonchev–Trinajstić information content (AvgIpc) is 3.34. The number of esters is 2. The van der Waals surface area contributed by atoms with Crippen molar-refractivity contribution in [3.05, 3.63) is 36.5 Å². The Balaban J connectivity index is 4.21. The Kier molecular flexibility index (Phi) is 57.8. The summed E-state index contributed by atoms with van der Waals surface area (Å²) >= 11 is 0. The normalized spacial score (nSPS) is 12.3.